The molecule has 4 rings (SSSR count). The van der Waals surface area contributed by atoms with Crippen LogP contribution in [0.4, 0.5) is 5.69 Å². The van der Waals surface area contributed by atoms with Crippen molar-refractivity contribution in [3.05, 3.63) is 83.7 Å². The predicted octanol–water partition coefficient (Wildman–Crippen LogP) is 2.58. The van der Waals surface area contributed by atoms with Crippen LogP contribution >= 0.6 is 0 Å². The molecule has 0 radical (unpaired) electrons. The van der Waals surface area contributed by atoms with E-state index < -0.39 is 0 Å². The van der Waals surface area contributed by atoms with Gasteiger partial charge in [0, 0.05) is 23.0 Å². The molecule has 1 aliphatic rings. The van der Waals surface area contributed by atoms with Gasteiger partial charge in [0.2, 0.25) is 12.7 Å². The van der Waals surface area contributed by atoms with Crippen molar-refractivity contribution in [2.24, 2.45) is 0 Å². The van der Waals surface area contributed by atoms with Crippen molar-refractivity contribution in [2.75, 3.05) is 18.7 Å². The van der Waals surface area contributed by atoms with Gasteiger partial charge in [-0.1, -0.05) is 18.1 Å². The van der Waals surface area contributed by atoms with Gasteiger partial charge in [0.1, 0.15) is 5.69 Å². The molecule has 1 aliphatic heterocycles. The second-order valence-electron chi connectivity index (χ2n) is 6.34. The first kappa shape index (κ1) is 19.0. The number of hydrogen-bond donors (Lipinski definition) is 2. The number of fused-ring (bicyclic) bond motifs is 1. The summed E-state index contributed by atoms with van der Waals surface area (Å²) in [5.74, 6) is 6.36. The fourth-order valence-corrected chi connectivity index (χ4v) is 2.75. The second kappa shape index (κ2) is 8.80. The van der Waals surface area contributed by atoms with Crippen molar-refractivity contribution in [3.8, 4) is 23.3 Å². The minimum absolute atomic E-state index is 0.133. The molecule has 2 N–H and O–H groups in total. The van der Waals surface area contributed by atoms with Crippen LogP contribution in [0.5, 0.6) is 11.5 Å². The van der Waals surface area contributed by atoms with Gasteiger partial charge in [0.15, 0.2) is 11.5 Å². The molecular formula is C23H17N3O4. The highest BCUT2D eigenvalue weighted by atomic mass is 16.7. The number of carbonyl (C=O) groups is 2. The number of anilines is 1. The average Bonchev–Trinajstić information content (AvgIpc) is 3.25. The summed E-state index contributed by atoms with van der Waals surface area (Å²) in [7, 11) is 0. The maximum atomic E-state index is 12.3. The number of aromatic nitrogens is 1. The highest BCUT2D eigenvalue weighted by Crippen LogP contribution is 2.32. The lowest BCUT2D eigenvalue weighted by Gasteiger charge is -2.08. The van der Waals surface area contributed by atoms with Crippen molar-refractivity contribution in [2.45, 2.75) is 0 Å². The molecule has 0 aliphatic carbocycles. The normalized spacial score (nSPS) is 11.2. The second-order valence-corrected chi connectivity index (χ2v) is 6.34. The summed E-state index contributed by atoms with van der Waals surface area (Å²) in [6, 6.07) is 17.5. The molecular weight excluding hydrogens is 382 g/mol. The minimum atomic E-state index is -0.376. The highest BCUT2D eigenvalue weighted by Gasteiger charge is 2.16. The zero-order chi connectivity index (χ0) is 20.8. The van der Waals surface area contributed by atoms with Gasteiger partial charge in [-0.15, -0.1) is 0 Å². The molecule has 30 heavy (non-hydrogen) atoms. The molecule has 7 heteroatoms. The molecule has 2 heterocycles. The molecule has 1 aromatic heterocycles. The standard InChI is InChI=1S/C23H17N3O4/c27-22(14-25-23(28)17-8-10-20-21(13-17)30-15-29-20)26-19-6-3-4-16(12-19)7-9-18-5-1-2-11-24-18/h1-6,8,10-13H,14-15H2,(H,25,28)(H,26,27). The quantitative estimate of drug-likeness (QED) is 0.659. The fraction of sp³-hybridized carbons (Fsp3) is 0.0870. The van der Waals surface area contributed by atoms with Crippen LogP contribution in [0.15, 0.2) is 66.9 Å². The van der Waals surface area contributed by atoms with E-state index in [-0.39, 0.29) is 25.2 Å². The van der Waals surface area contributed by atoms with E-state index in [9.17, 15) is 9.59 Å². The van der Waals surface area contributed by atoms with Gasteiger partial charge in [0.25, 0.3) is 5.91 Å². The van der Waals surface area contributed by atoms with Crippen LogP contribution in [0.25, 0.3) is 0 Å². The number of hydrogen-bond acceptors (Lipinski definition) is 5. The summed E-state index contributed by atoms with van der Waals surface area (Å²) in [5.41, 5.74) is 2.38. The van der Waals surface area contributed by atoms with Gasteiger partial charge in [-0.05, 0) is 54.5 Å². The van der Waals surface area contributed by atoms with E-state index in [2.05, 4.69) is 27.5 Å². The summed E-state index contributed by atoms with van der Waals surface area (Å²) in [6.45, 7) is -0.0365. The van der Waals surface area contributed by atoms with Gasteiger partial charge in [-0.25, -0.2) is 4.98 Å². The number of pyridine rings is 1. The van der Waals surface area contributed by atoms with E-state index in [0.717, 1.165) is 5.56 Å². The van der Waals surface area contributed by atoms with Crippen LogP contribution in [0.1, 0.15) is 21.6 Å². The first-order valence-corrected chi connectivity index (χ1v) is 9.18. The zero-order valence-corrected chi connectivity index (χ0v) is 15.8. The first-order chi connectivity index (χ1) is 14.7. The van der Waals surface area contributed by atoms with Crippen LogP contribution in [-0.4, -0.2) is 30.1 Å². The average molecular weight is 399 g/mol. The molecule has 0 spiro atoms. The SMILES string of the molecule is O=C(CNC(=O)c1ccc2c(c1)OCO2)Nc1cccc(C#Cc2ccccn2)c1. The summed E-state index contributed by atoms with van der Waals surface area (Å²) in [6.07, 6.45) is 1.68. The van der Waals surface area contributed by atoms with Crippen molar-refractivity contribution < 1.29 is 19.1 Å². The number of nitrogens with one attached hydrogen (secondary N) is 2. The Kier molecular flexibility index (Phi) is 5.58. The van der Waals surface area contributed by atoms with Crippen molar-refractivity contribution in [3.63, 3.8) is 0 Å². The van der Waals surface area contributed by atoms with E-state index in [4.69, 9.17) is 9.47 Å². The Labute approximate surface area is 173 Å². The van der Waals surface area contributed by atoms with Crippen LogP contribution in [-0.2, 0) is 4.79 Å². The molecule has 0 bridgehead atoms. The van der Waals surface area contributed by atoms with Crippen molar-refractivity contribution in [1.29, 1.82) is 0 Å². The molecule has 7 nitrogen and oxygen atoms in total. The monoisotopic (exact) mass is 399 g/mol. The third-order valence-electron chi connectivity index (χ3n) is 4.19. The number of nitrogens with zero attached hydrogens (tertiary/aromatic N) is 1. The Balaban J connectivity index is 1.33. The van der Waals surface area contributed by atoms with Crippen LogP contribution in [0.3, 0.4) is 0 Å². The van der Waals surface area contributed by atoms with Crippen molar-refractivity contribution >= 4 is 17.5 Å². The molecule has 148 valence electrons. The topological polar surface area (TPSA) is 89.6 Å². The van der Waals surface area contributed by atoms with E-state index in [1.54, 1.807) is 42.6 Å². The van der Waals surface area contributed by atoms with Crippen LogP contribution in [0.2, 0.25) is 0 Å². The largest absolute Gasteiger partial charge is 0.454 e. The van der Waals surface area contributed by atoms with E-state index in [0.29, 0.717) is 28.4 Å². The number of amides is 2. The van der Waals surface area contributed by atoms with E-state index >= 15 is 0 Å². The predicted molar refractivity (Wildman–Crippen MR) is 110 cm³/mol. The number of benzene rings is 2. The smallest absolute Gasteiger partial charge is 0.251 e. The third kappa shape index (κ3) is 4.75. The van der Waals surface area contributed by atoms with Crippen molar-refractivity contribution in [1.82, 2.24) is 10.3 Å². The van der Waals surface area contributed by atoms with Crippen LogP contribution < -0.4 is 20.1 Å². The Morgan fingerprint density at radius 2 is 1.87 bits per heavy atom. The molecule has 2 amide bonds. The lowest BCUT2D eigenvalue weighted by molar-refractivity contribution is -0.115. The summed E-state index contributed by atoms with van der Waals surface area (Å²) < 4.78 is 10.5. The van der Waals surface area contributed by atoms with E-state index in [1.807, 2.05) is 24.3 Å². The first-order valence-electron chi connectivity index (χ1n) is 9.18. The maximum absolute atomic E-state index is 12.3. The Morgan fingerprint density at radius 3 is 2.73 bits per heavy atom. The van der Waals surface area contributed by atoms with Crippen LogP contribution in [0, 0.1) is 11.8 Å². The third-order valence-corrected chi connectivity index (χ3v) is 4.19. The zero-order valence-electron chi connectivity index (χ0n) is 15.8. The molecule has 0 saturated heterocycles. The molecule has 0 fully saturated rings. The van der Waals surface area contributed by atoms with Gasteiger partial charge in [0.05, 0.1) is 6.54 Å². The molecule has 0 saturated carbocycles. The molecule has 3 aromatic rings. The lowest BCUT2D eigenvalue weighted by Crippen LogP contribution is -2.32. The van der Waals surface area contributed by atoms with Gasteiger partial charge >= 0.3 is 0 Å². The molecule has 2 aromatic carbocycles. The van der Waals surface area contributed by atoms with Gasteiger partial charge in [-0.3, -0.25) is 9.59 Å². The van der Waals surface area contributed by atoms with E-state index in [1.165, 1.54) is 0 Å². The number of carbonyl (C=O) groups excluding carboxylic acids is 2. The summed E-state index contributed by atoms with van der Waals surface area (Å²) >= 11 is 0. The van der Waals surface area contributed by atoms with Gasteiger partial charge < -0.3 is 20.1 Å². The Bertz CT molecular complexity index is 1150. The summed E-state index contributed by atoms with van der Waals surface area (Å²) in [4.78, 5) is 28.6. The van der Waals surface area contributed by atoms with Gasteiger partial charge in [-0.2, -0.15) is 0 Å². The molecule has 0 atom stereocenters. The Hall–Kier alpha value is -4.31. The maximum Gasteiger partial charge on any atom is 0.251 e. The Morgan fingerprint density at radius 1 is 0.967 bits per heavy atom. The number of ether oxygens (including phenoxy) is 2. The minimum Gasteiger partial charge on any atom is -0.454 e. The lowest BCUT2D eigenvalue weighted by atomic mass is 10.2. The fourth-order valence-electron chi connectivity index (χ4n) is 2.75. The number of rotatable bonds is 4. The molecule has 0 unspecified atom stereocenters. The summed E-state index contributed by atoms with van der Waals surface area (Å²) in [5, 5.41) is 5.34. The highest BCUT2D eigenvalue weighted by molar-refractivity contribution is 5.99.